The first-order valence-corrected chi connectivity index (χ1v) is 9.44. The molecule has 148 valence electrons. The van der Waals surface area contributed by atoms with Gasteiger partial charge in [-0.25, -0.2) is 0 Å². The van der Waals surface area contributed by atoms with Gasteiger partial charge in [0.15, 0.2) is 5.96 Å². The molecule has 8 heteroatoms. The average molecular weight is 504 g/mol. The Morgan fingerprint density at radius 2 is 1.78 bits per heavy atom. The average Bonchev–Trinajstić information content (AvgIpc) is 3.19. The number of aliphatic imine (C=N–C) groups is 1. The number of anilines is 1. The summed E-state index contributed by atoms with van der Waals surface area (Å²) in [5.41, 5.74) is 1.15. The van der Waals surface area contributed by atoms with E-state index in [4.69, 9.17) is 11.6 Å². The first-order valence-electron chi connectivity index (χ1n) is 9.06. The molecule has 0 aromatic heterocycles. The van der Waals surface area contributed by atoms with Gasteiger partial charge in [0, 0.05) is 50.0 Å². The van der Waals surface area contributed by atoms with Gasteiger partial charge in [0.05, 0.1) is 6.54 Å². The lowest BCUT2D eigenvalue weighted by atomic mass is 10.2. The number of piperazine rings is 1. The quantitative estimate of drug-likeness (QED) is 0.287. The Hall–Kier alpha value is -1.48. The van der Waals surface area contributed by atoms with Crippen LogP contribution in [0.1, 0.15) is 12.8 Å². The molecule has 0 saturated carbocycles. The van der Waals surface area contributed by atoms with Crippen molar-refractivity contribution in [3.63, 3.8) is 0 Å². The van der Waals surface area contributed by atoms with Gasteiger partial charge >= 0.3 is 0 Å². The highest BCUT2D eigenvalue weighted by molar-refractivity contribution is 14.0. The molecule has 0 atom stereocenters. The van der Waals surface area contributed by atoms with Crippen molar-refractivity contribution in [3.8, 4) is 0 Å². The van der Waals surface area contributed by atoms with Gasteiger partial charge in [-0.2, -0.15) is 0 Å². The van der Waals surface area contributed by atoms with Gasteiger partial charge in [-0.3, -0.25) is 9.79 Å². The van der Waals surface area contributed by atoms with Gasteiger partial charge in [-0.05, 0) is 37.1 Å². The molecule has 0 bridgehead atoms. The molecule has 0 spiro atoms. The zero-order valence-corrected chi connectivity index (χ0v) is 18.6. The van der Waals surface area contributed by atoms with E-state index in [1.807, 2.05) is 29.2 Å². The van der Waals surface area contributed by atoms with Crippen LogP contribution in [-0.2, 0) is 4.79 Å². The number of hydrogen-bond donors (Lipinski definition) is 2. The number of rotatable bonds is 4. The van der Waals surface area contributed by atoms with Crippen LogP contribution in [0.2, 0.25) is 5.02 Å². The maximum Gasteiger partial charge on any atom is 0.242 e. The van der Waals surface area contributed by atoms with E-state index in [0.29, 0.717) is 12.0 Å². The van der Waals surface area contributed by atoms with Gasteiger partial charge in [0.2, 0.25) is 5.91 Å². The van der Waals surface area contributed by atoms with Crippen LogP contribution in [0.15, 0.2) is 41.4 Å². The normalized spacial score (nSPS) is 17.6. The van der Waals surface area contributed by atoms with Crippen LogP contribution >= 0.6 is 35.6 Å². The van der Waals surface area contributed by atoms with E-state index in [9.17, 15) is 4.79 Å². The summed E-state index contributed by atoms with van der Waals surface area (Å²) in [5, 5.41) is 7.22. The molecule has 1 aromatic carbocycles. The maximum atomic E-state index is 12.5. The van der Waals surface area contributed by atoms with E-state index in [2.05, 4.69) is 32.7 Å². The number of carbonyl (C=O) groups excluding carboxylic acids is 1. The fraction of sp³-hybridized carbons (Fsp3) is 0.474. The molecule has 2 N–H and O–H groups in total. The van der Waals surface area contributed by atoms with Crippen LogP contribution in [-0.4, -0.2) is 62.6 Å². The highest BCUT2D eigenvalue weighted by Crippen LogP contribution is 2.19. The van der Waals surface area contributed by atoms with Crippen LogP contribution in [0.25, 0.3) is 0 Å². The van der Waals surface area contributed by atoms with Crippen molar-refractivity contribution in [3.05, 3.63) is 41.4 Å². The number of guanidine groups is 1. The maximum absolute atomic E-state index is 12.5. The lowest BCUT2D eigenvalue weighted by Gasteiger charge is -2.36. The topological polar surface area (TPSA) is 60.0 Å². The Labute approximate surface area is 183 Å². The minimum atomic E-state index is 0. The minimum Gasteiger partial charge on any atom is -0.368 e. The molecular formula is C19H27ClIN5O. The van der Waals surface area contributed by atoms with E-state index in [1.165, 1.54) is 0 Å². The van der Waals surface area contributed by atoms with Gasteiger partial charge in [-0.15, -0.1) is 24.0 Å². The summed E-state index contributed by atoms with van der Waals surface area (Å²) >= 11 is 5.94. The molecule has 27 heavy (non-hydrogen) atoms. The summed E-state index contributed by atoms with van der Waals surface area (Å²) < 4.78 is 0. The van der Waals surface area contributed by atoms with Crippen LogP contribution in [0.3, 0.4) is 0 Å². The third kappa shape index (κ3) is 6.27. The molecule has 3 rings (SSSR count). The van der Waals surface area contributed by atoms with Crippen LogP contribution in [0, 0.1) is 0 Å². The van der Waals surface area contributed by atoms with E-state index in [0.717, 1.165) is 49.7 Å². The molecule has 1 heterocycles. The minimum absolute atomic E-state index is 0. The number of nitrogens with one attached hydrogen (secondary N) is 2. The van der Waals surface area contributed by atoms with E-state index < -0.39 is 0 Å². The second kappa shape index (κ2) is 10.8. The molecular weight excluding hydrogens is 477 g/mol. The number of hydrogen-bond acceptors (Lipinski definition) is 3. The first-order chi connectivity index (χ1) is 12.7. The van der Waals surface area contributed by atoms with E-state index in [-0.39, 0.29) is 36.4 Å². The fourth-order valence-corrected chi connectivity index (χ4v) is 3.39. The summed E-state index contributed by atoms with van der Waals surface area (Å²) in [4.78, 5) is 20.9. The Bertz CT molecular complexity index is 663. The second-order valence-corrected chi connectivity index (χ2v) is 6.99. The molecule has 1 aliphatic carbocycles. The lowest BCUT2D eigenvalue weighted by Crippen LogP contribution is -2.52. The van der Waals surface area contributed by atoms with Crippen molar-refractivity contribution in [1.29, 1.82) is 0 Å². The molecule has 1 amide bonds. The molecule has 1 saturated heterocycles. The molecule has 0 unspecified atom stereocenters. The lowest BCUT2D eigenvalue weighted by molar-refractivity contribution is -0.130. The van der Waals surface area contributed by atoms with Crippen molar-refractivity contribution < 1.29 is 4.79 Å². The monoisotopic (exact) mass is 503 g/mol. The molecule has 6 nitrogen and oxygen atoms in total. The van der Waals surface area contributed by atoms with Gasteiger partial charge in [0.25, 0.3) is 0 Å². The zero-order valence-electron chi connectivity index (χ0n) is 15.5. The predicted octanol–water partition coefficient (Wildman–Crippen LogP) is 2.49. The van der Waals surface area contributed by atoms with Crippen molar-refractivity contribution in [2.24, 2.45) is 4.99 Å². The number of amides is 1. The Morgan fingerprint density at radius 1 is 1.15 bits per heavy atom. The molecule has 1 fully saturated rings. The van der Waals surface area contributed by atoms with Crippen LogP contribution in [0.4, 0.5) is 5.69 Å². The third-order valence-electron chi connectivity index (χ3n) is 4.80. The SMILES string of the molecule is CN=C(NCC(=O)N1CCN(c2ccc(Cl)cc2)CC1)NC1CC=CC1.I. The van der Waals surface area contributed by atoms with Gasteiger partial charge in [0.1, 0.15) is 0 Å². The standard InChI is InChI=1S/C19H26ClN5O.HI/c1-21-19(23-16-4-2-3-5-16)22-14-18(26)25-12-10-24(11-13-25)17-8-6-15(20)7-9-17;/h2-3,6-9,16H,4-5,10-14H2,1H3,(H2,21,22,23);1H. The third-order valence-corrected chi connectivity index (χ3v) is 5.06. The van der Waals surface area contributed by atoms with Gasteiger partial charge < -0.3 is 20.4 Å². The number of halogens is 2. The Kier molecular flexibility index (Phi) is 8.69. The smallest absolute Gasteiger partial charge is 0.242 e. The van der Waals surface area contributed by atoms with Crippen molar-refractivity contribution in [1.82, 2.24) is 15.5 Å². The Morgan fingerprint density at radius 3 is 2.37 bits per heavy atom. The van der Waals surface area contributed by atoms with Crippen LogP contribution < -0.4 is 15.5 Å². The van der Waals surface area contributed by atoms with Crippen molar-refractivity contribution in [2.45, 2.75) is 18.9 Å². The molecule has 0 radical (unpaired) electrons. The first kappa shape index (κ1) is 21.8. The summed E-state index contributed by atoms with van der Waals surface area (Å²) in [6, 6.07) is 8.22. The highest BCUT2D eigenvalue weighted by Gasteiger charge is 2.21. The van der Waals surface area contributed by atoms with Crippen molar-refractivity contribution in [2.75, 3.05) is 44.7 Å². The highest BCUT2D eigenvalue weighted by atomic mass is 127. The summed E-state index contributed by atoms with van der Waals surface area (Å²) in [6.07, 6.45) is 6.33. The largest absolute Gasteiger partial charge is 0.368 e. The van der Waals surface area contributed by atoms with E-state index >= 15 is 0 Å². The fourth-order valence-electron chi connectivity index (χ4n) is 3.26. The molecule has 2 aliphatic rings. The molecule has 1 aliphatic heterocycles. The molecule has 1 aromatic rings. The van der Waals surface area contributed by atoms with Crippen LogP contribution in [0.5, 0.6) is 0 Å². The predicted molar refractivity (Wildman–Crippen MR) is 122 cm³/mol. The van der Waals surface area contributed by atoms with E-state index in [1.54, 1.807) is 7.05 Å². The second-order valence-electron chi connectivity index (χ2n) is 6.55. The number of benzene rings is 1. The zero-order chi connectivity index (χ0) is 18.4. The Balaban J connectivity index is 0.00000261. The number of nitrogens with zero attached hydrogens (tertiary/aromatic N) is 3. The summed E-state index contributed by atoms with van der Waals surface area (Å²) in [5.74, 6) is 0.792. The summed E-state index contributed by atoms with van der Waals surface area (Å²) in [7, 11) is 1.73. The number of carbonyl (C=O) groups is 1. The van der Waals surface area contributed by atoms with Gasteiger partial charge in [-0.1, -0.05) is 23.8 Å². The summed E-state index contributed by atoms with van der Waals surface area (Å²) in [6.45, 7) is 3.37. The van der Waals surface area contributed by atoms with Crippen molar-refractivity contribution >= 4 is 53.1 Å².